The van der Waals surface area contributed by atoms with E-state index in [-0.39, 0.29) is 5.97 Å². The van der Waals surface area contributed by atoms with Gasteiger partial charge in [-0.25, -0.2) is 0 Å². The van der Waals surface area contributed by atoms with Gasteiger partial charge in [0.05, 0.1) is 17.8 Å². The van der Waals surface area contributed by atoms with E-state index in [1.807, 2.05) is 18.0 Å². The number of halogens is 1. The largest absolute Gasteiger partial charge is 0.469 e. The molecule has 4 nitrogen and oxygen atoms in total. The van der Waals surface area contributed by atoms with Crippen molar-refractivity contribution in [2.75, 3.05) is 25.6 Å². The predicted molar refractivity (Wildman–Crippen MR) is 63.8 cm³/mol. The summed E-state index contributed by atoms with van der Waals surface area (Å²) >= 11 is 5.99. The van der Waals surface area contributed by atoms with Gasteiger partial charge < -0.3 is 9.64 Å². The Morgan fingerprint density at radius 2 is 2.38 bits per heavy atom. The van der Waals surface area contributed by atoms with Crippen LogP contribution >= 0.6 is 11.6 Å². The van der Waals surface area contributed by atoms with Crippen LogP contribution in [0.2, 0.25) is 5.02 Å². The fraction of sp³-hybridized carbons (Fsp3) is 0.455. The molecule has 0 spiro atoms. The van der Waals surface area contributed by atoms with E-state index in [0.717, 1.165) is 18.7 Å². The molecule has 0 radical (unpaired) electrons. The van der Waals surface area contributed by atoms with Gasteiger partial charge in [0.2, 0.25) is 0 Å². The zero-order chi connectivity index (χ0) is 12.0. The topological polar surface area (TPSA) is 42.4 Å². The fourth-order valence-corrected chi connectivity index (χ4v) is 1.62. The third-order valence-electron chi connectivity index (χ3n) is 2.26. The Balaban J connectivity index is 2.44. The van der Waals surface area contributed by atoms with Gasteiger partial charge in [-0.15, -0.1) is 0 Å². The smallest absolute Gasteiger partial charge is 0.305 e. The van der Waals surface area contributed by atoms with E-state index in [1.165, 1.54) is 7.11 Å². The van der Waals surface area contributed by atoms with Gasteiger partial charge in [-0.05, 0) is 12.5 Å². The van der Waals surface area contributed by atoms with E-state index in [1.54, 1.807) is 12.4 Å². The molecule has 0 aliphatic carbocycles. The lowest BCUT2D eigenvalue weighted by Crippen LogP contribution is -2.19. The Morgan fingerprint density at radius 1 is 1.62 bits per heavy atom. The zero-order valence-corrected chi connectivity index (χ0v) is 10.2. The molecule has 0 amide bonds. The Bertz CT molecular complexity index is 358. The van der Waals surface area contributed by atoms with Crippen LogP contribution in [0.4, 0.5) is 5.69 Å². The first kappa shape index (κ1) is 12.8. The van der Waals surface area contributed by atoms with Crippen LogP contribution in [0.15, 0.2) is 18.5 Å². The standard InChI is InChI=1S/C11H15ClN2O2/c1-14(7-3-4-11(15)16-2)10-5-6-13-8-9(10)12/h5-6,8H,3-4,7H2,1-2H3. The van der Waals surface area contributed by atoms with Crippen LogP contribution in [0.25, 0.3) is 0 Å². The number of anilines is 1. The first-order valence-corrected chi connectivity index (χ1v) is 5.40. The molecule has 0 aliphatic rings. The summed E-state index contributed by atoms with van der Waals surface area (Å²) < 4.78 is 4.57. The molecule has 0 unspecified atom stereocenters. The lowest BCUT2D eigenvalue weighted by Gasteiger charge is -2.19. The SMILES string of the molecule is COC(=O)CCCN(C)c1ccncc1Cl. The molecule has 0 saturated heterocycles. The number of ether oxygens (including phenoxy) is 1. The van der Waals surface area contributed by atoms with Gasteiger partial charge in [0, 0.05) is 32.4 Å². The van der Waals surface area contributed by atoms with Crippen LogP contribution in [0.5, 0.6) is 0 Å². The van der Waals surface area contributed by atoms with Gasteiger partial charge in [-0.3, -0.25) is 9.78 Å². The average Bonchev–Trinajstić information content (AvgIpc) is 2.29. The van der Waals surface area contributed by atoms with Gasteiger partial charge in [0.15, 0.2) is 0 Å². The highest BCUT2D eigenvalue weighted by atomic mass is 35.5. The molecule has 16 heavy (non-hydrogen) atoms. The Morgan fingerprint density at radius 3 is 3.00 bits per heavy atom. The van der Waals surface area contributed by atoms with Crippen molar-refractivity contribution in [2.45, 2.75) is 12.8 Å². The Kier molecular flexibility index (Phi) is 5.05. The van der Waals surface area contributed by atoms with Gasteiger partial charge in [-0.1, -0.05) is 11.6 Å². The zero-order valence-electron chi connectivity index (χ0n) is 9.44. The maximum absolute atomic E-state index is 10.9. The van der Waals surface area contributed by atoms with E-state index >= 15 is 0 Å². The number of hydrogen-bond acceptors (Lipinski definition) is 4. The van der Waals surface area contributed by atoms with E-state index in [4.69, 9.17) is 11.6 Å². The van der Waals surface area contributed by atoms with Gasteiger partial charge >= 0.3 is 5.97 Å². The molecular weight excluding hydrogens is 228 g/mol. The van der Waals surface area contributed by atoms with Gasteiger partial charge in [-0.2, -0.15) is 0 Å². The van der Waals surface area contributed by atoms with Crippen molar-refractivity contribution < 1.29 is 9.53 Å². The van der Waals surface area contributed by atoms with Crippen molar-refractivity contribution in [1.82, 2.24) is 4.98 Å². The molecule has 88 valence electrons. The molecule has 1 aromatic rings. The summed E-state index contributed by atoms with van der Waals surface area (Å²) in [7, 11) is 3.32. The Hall–Kier alpha value is -1.29. The van der Waals surface area contributed by atoms with Crippen LogP contribution in [0.3, 0.4) is 0 Å². The highest BCUT2D eigenvalue weighted by molar-refractivity contribution is 6.33. The molecule has 0 saturated carbocycles. The van der Waals surface area contributed by atoms with Crippen molar-refractivity contribution in [2.24, 2.45) is 0 Å². The molecule has 0 aromatic carbocycles. The van der Waals surface area contributed by atoms with Crippen molar-refractivity contribution in [1.29, 1.82) is 0 Å². The second kappa shape index (κ2) is 6.33. The molecule has 0 atom stereocenters. The van der Waals surface area contributed by atoms with Crippen molar-refractivity contribution in [3.63, 3.8) is 0 Å². The number of hydrogen-bond donors (Lipinski definition) is 0. The number of carbonyl (C=O) groups is 1. The fourth-order valence-electron chi connectivity index (χ4n) is 1.36. The number of aromatic nitrogens is 1. The average molecular weight is 243 g/mol. The molecule has 1 heterocycles. The predicted octanol–water partition coefficient (Wildman–Crippen LogP) is 2.12. The maximum Gasteiger partial charge on any atom is 0.305 e. The van der Waals surface area contributed by atoms with Crippen molar-refractivity contribution >= 4 is 23.3 Å². The van der Waals surface area contributed by atoms with Gasteiger partial charge in [0.25, 0.3) is 0 Å². The summed E-state index contributed by atoms with van der Waals surface area (Å²) in [5.74, 6) is -0.186. The highest BCUT2D eigenvalue weighted by Crippen LogP contribution is 2.22. The summed E-state index contributed by atoms with van der Waals surface area (Å²) in [6, 6.07) is 1.85. The number of carbonyl (C=O) groups excluding carboxylic acids is 1. The first-order valence-electron chi connectivity index (χ1n) is 5.02. The minimum absolute atomic E-state index is 0.186. The number of methoxy groups -OCH3 is 1. The third kappa shape index (κ3) is 3.70. The summed E-state index contributed by atoms with van der Waals surface area (Å²) in [6.45, 7) is 0.749. The number of esters is 1. The molecular formula is C11H15ClN2O2. The molecule has 0 bridgehead atoms. The number of rotatable bonds is 5. The third-order valence-corrected chi connectivity index (χ3v) is 2.56. The van der Waals surface area contributed by atoms with Gasteiger partial charge in [0.1, 0.15) is 0 Å². The molecule has 5 heteroatoms. The summed E-state index contributed by atoms with van der Waals surface area (Å²) in [5, 5.41) is 0.614. The van der Waals surface area contributed by atoms with E-state index in [9.17, 15) is 4.79 Å². The lowest BCUT2D eigenvalue weighted by atomic mass is 10.3. The second-order valence-electron chi connectivity index (χ2n) is 3.43. The quantitative estimate of drug-likeness (QED) is 0.742. The summed E-state index contributed by atoms with van der Waals surface area (Å²) in [6.07, 6.45) is 4.46. The van der Waals surface area contributed by atoms with E-state index in [2.05, 4.69) is 9.72 Å². The molecule has 0 aliphatic heterocycles. The van der Waals surface area contributed by atoms with Crippen LogP contribution in [-0.2, 0) is 9.53 Å². The number of nitrogens with zero attached hydrogens (tertiary/aromatic N) is 2. The van der Waals surface area contributed by atoms with Crippen molar-refractivity contribution in [3.05, 3.63) is 23.5 Å². The minimum Gasteiger partial charge on any atom is -0.469 e. The first-order chi connectivity index (χ1) is 7.65. The normalized spacial score (nSPS) is 9.94. The van der Waals surface area contributed by atoms with Crippen LogP contribution in [0, 0.1) is 0 Å². The maximum atomic E-state index is 10.9. The van der Waals surface area contributed by atoms with Crippen LogP contribution in [-0.4, -0.2) is 31.7 Å². The van der Waals surface area contributed by atoms with Crippen molar-refractivity contribution in [3.8, 4) is 0 Å². The Labute approximate surface area is 100 Å². The molecule has 1 aromatic heterocycles. The molecule has 1 rings (SSSR count). The highest BCUT2D eigenvalue weighted by Gasteiger charge is 2.06. The van der Waals surface area contributed by atoms with E-state index < -0.39 is 0 Å². The lowest BCUT2D eigenvalue weighted by molar-refractivity contribution is -0.140. The molecule has 0 N–H and O–H groups in total. The second-order valence-corrected chi connectivity index (χ2v) is 3.84. The minimum atomic E-state index is -0.186. The van der Waals surface area contributed by atoms with Crippen LogP contribution < -0.4 is 4.90 Å². The molecule has 0 fully saturated rings. The monoisotopic (exact) mass is 242 g/mol. The summed E-state index contributed by atoms with van der Waals surface area (Å²) in [5.41, 5.74) is 0.918. The van der Waals surface area contributed by atoms with Crippen LogP contribution in [0.1, 0.15) is 12.8 Å². The summed E-state index contributed by atoms with van der Waals surface area (Å²) in [4.78, 5) is 16.8. The van der Waals surface area contributed by atoms with E-state index in [0.29, 0.717) is 11.4 Å². The number of pyridine rings is 1.